The van der Waals surface area contributed by atoms with Crippen molar-refractivity contribution in [2.45, 2.75) is 31.3 Å². The summed E-state index contributed by atoms with van der Waals surface area (Å²) in [5.41, 5.74) is 0.499. The minimum absolute atomic E-state index is 0.146. The van der Waals surface area contributed by atoms with Gasteiger partial charge >= 0.3 is 5.97 Å². The molecular weight excluding hydrogens is 220 g/mol. The summed E-state index contributed by atoms with van der Waals surface area (Å²) in [4.78, 5) is 11.5. The molecule has 0 spiro atoms. The zero-order chi connectivity index (χ0) is 12.5. The Morgan fingerprint density at radius 2 is 2.18 bits per heavy atom. The molecule has 2 N–H and O–H groups in total. The number of carboxylic acid groups (broad SMARTS) is 1. The quantitative estimate of drug-likeness (QED) is 0.835. The molecule has 1 fully saturated rings. The Hall–Kier alpha value is -1.55. The number of aliphatic carboxylic acids is 1. The van der Waals surface area contributed by atoms with Gasteiger partial charge in [-0.05, 0) is 12.8 Å². The van der Waals surface area contributed by atoms with Crippen LogP contribution in [0.5, 0.6) is 5.75 Å². The highest BCUT2D eigenvalue weighted by atomic mass is 16.5. The van der Waals surface area contributed by atoms with E-state index in [1.54, 1.807) is 18.2 Å². The van der Waals surface area contributed by atoms with E-state index in [-0.39, 0.29) is 6.61 Å². The smallest absolute Gasteiger partial charge is 0.314 e. The predicted octanol–water partition coefficient (Wildman–Crippen LogP) is 1.69. The molecule has 0 bridgehead atoms. The first-order valence-electron chi connectivity index (χ1n) is 5.66. The van der Waals surface area contributed by atoms with E-state index in [0.717, 1.165) is 6.42 Å². The van der Waals surface area contributed by atoms with Gasteiger partial charge in [0.15, 0.2) is 0 Å². The lowest BCUT2D eigenvalue weighted by Crippen LogP contribution is -2.42. The van der Waals surface area contributed by atoms with E-state index in [0.29, 0.717) is 29.7 Å². The Morgan fingerprint density at radius 1 is 1.47 bits per heavy atom. The molecule has 1 aromatic carbocycles. The molecule has 1 aliphatic rings. The lowest BCUT2D eigenvalue weighted by Gasteiger charge is -2.39. The lowest BCUT2D eigenvalue weighted by molar-refractivity contribution is -0.147. The van der Waals surface area contributed by atoms with Crippen LogP contribution in [0.3, 0.4) is 0 Å². The molecule has 1 aromatic rings. The molecule has 2 rings (SSSR count). The second kappa shape index (κ2) is 4.37. The Morgan fingerprint density at radius 3 is 2.59 bits per heavy atom. The van der Waals surface area contributed by atoms with Crippen LogP contribution in [0.1, 0.15) is 30.4 Å². The maximum absolute atomic E-state index is 11.5. The van der Waals surface area contributed by atoms with Crippen LogP contribution in [0.15, 0.2) is 18.2 Å². The topological polar surface area (TPSA) is 66.8 Å². The minimum Gasteiger partial charge on any atom is -0.496 e. The number of carboxylic acids is 1. The molecule has 4 nitrogen and oxygen atoms in total. The van der Waals surface area contributed by atoms with Gasteiger partial charge in [-0.1, -0.05) is 24.6 Å². The number of para-hydroxylation sites is 1. The summed E-state index contributed by atoms with van der Waals surface area (Å²) in [6.45, 7) is -0.146. The second-order valence-corrected chi connectivity index (χ2v) is 4.40. The van der Waals surface area contributed by atoms with Crippen LogP contribution in [-0.2, 0) is 16.8 Å². The van der Waals surface area contributed by atoms with Crippen LogP contribution in [0.4, 0.5) is 0 Å². The van der Waals surface area contributed by atoms with E-state index >= 15 is 0 Å². The molecule has 0 saturated heterocycles. The SMILES string of the molecule is COc1c(CO)cccc1C1(C(=O)O)CCC1. The fourth-order valence-corrected chi connectivity index (χ4v) is 2.46. The summed E-state index contributed by atoms with van der Waals surface area (Å²) in [5, 5.41) is 18.6. The summed E-state index contributed by atoms with van der Waals surface area (Å²) in [5.74, 6) is -0.297. The predicted molar refractivity (Wildman–Crippen MR) is 62.1 cm³/mol. The lowest BCUT2D eigenvalue weighted by atomic mass is 9.64. The van der Waals surface area contributed by atoms with Gasteiger partial charge in [-0.15, -0.1) is 0 Å². The summed E-state index contributed by atoms with van der Waals surface area (Å²) < 4.78 is 5.28. The first kappa shape index (κ1) is 11.9. The molecule has 0 aliphatic heterocycles. The Bertz CT molecular complexity index is 435. The molecule has 1 aliphatic carbocycles. The minimum atomic E-state index is -0.823. The molecule has 0 aromatic heterocycles. The zero-order valence-corrected chi connectivity index (χ0v) is 9.77. The van der Waals surface area contributed by atoms with E-state index in [2.05, 4.69) is 0 Å². The van der Waals surface area contributed by atoms with Crippen LogP contribution >= 0.6 is 0 Å². The molecule has 0 atom stereocenters. The van der Waals surface area contributed by atoms with Gasteiger partial charge in [-0.25, -0.2) is 0 Å². The highest BCUT2D eigenvalue weighted by molar-refractivity contribution is 5.84. The first-order valence-corrected chi connectivity index (χ1v) is 5.66. The Balaban J connectivity index is 2.54. The molecule has 92 valence electrons. The standard InChI is InChI=1S/C13H16O4/c1-17-11-9(8-14)4-2-5-10(11)13(12(15)16)6-3-7-13/h2,4-5,14H,3,6-8H2,1H3,(H,15,16). The van der Waals surface area contributed by atoms with Gasteiger partial charge in [0, 0.05) is 11.1 Å². The molecular formula is C13H16O4. The molecule has 17 heavy (non-hydrogen) atoms. The summed E-state index contributed by atoms with van der Waals surface area (Å²) in [6.07, 6.45) is 2.18. The number of aliphatic hydroxyl groups excluding tert-OH is 1. The van der Waals surface area contributed by atoms with Crippen LogP contribution in [-0.4, -0.2) is 23.3 Å². The van der Waals surface area contributed by atoms with Crippen molar-refractivity contribution in [3.05, 3.63) is 29.3 Å². The van der Waals surface area contributed by atoms with Crippen molar-refractivity contribution in [3.8, 4) is 5.75 Å². The number of ether oxygens (including phenoxy) is 1. The average molecular weight is 236 g/mol. The molecule has 1 saturated carbocycles. The highest BCUT2D eigenvalue weighted by Crippen LogP contribution is 2.48. The van der Waals surface area contributed by atoms with Crippen molar-refractivity contribution in [1.82, 2.24) is 0 Å². The van der Waals surface area contributed by atoms with Crippen molar-refractivity contribution in [1.29, 1.82) is 0 Å². The van der Waals surface area contributed by atoms with E-state index in [9.17, 15) is 15.0 Å². The number of hydrogen-bond donors (Lipinski definition) is 2. The largest absolute Gasteiger partial charge is 0.496 e. The monoisotopic (exact) mass is 236 g/mol. The van der Waals surface area contributed by atoms with E-state index < -0.39 is 11.4 Å². The van der Waals surface area contributed by atoms with E-state index in [1.165, 1.54) is 7.11 Å². The number of hydrogen-bond acceptors (Lipinski definition) is 3. The molecule has 0 unspecified atom stereocenters. The number of rotatable bonds is 4. The number of methoxy groups -OCH3 is 1. The fourth-order valence-electron chi connectivity index (χ4n) is 2.46. The number of benzene rings is 1. The molecule has 0 radical (unpaired) electrons. The Labute approximate surface area is 99.8 Å². The van der Waals surface area contributed by atoms with Crippen LogP contribution in [0.2, 0.25) is 0 Å². The van der Waals surface area contributed by atoms with Gasteiger partial charge in [0.05, 0.1) is 19.1 Å². The third-order valence-corrected chi connectivity index (χ3v) is 3.60. The molecule has 4 heteroatoms. The van der Waals surface area contributed by atoms with Crippen LogP contribution < -0.4 is 4.74 Å². The summed E-state index contributed by atoms with van der Waals surface area (Å²) >= 11 is 0. The summed E-state index contributed by atoms with van der Waals surface area (Å²) in [6, 6.07) is 5.30. The van der Waals surface area contributed by atoms with Crippen molar-refractivity contribution >= 4 is 5.97 Å². The van der Waals surface area contributed by atoms with Crippen molar-refractivity contribution in [2.75, 3.05) is 7.11 Å². The number of carbonyl (C=O) groups is 1. The van der Waals surface area contributed by atoms with Crippen molar-refractivity contribution < 1.29 is 19.7 Å². The van der Waals surface area contributed by atoms with E-state index in [1.807, 2.05) is 0 Å². The third-order valence-electron chi connectivity index (χ3n) is 3.60. The zero-order valence-electron chi connectivity index (χ0n) is 9.77. The van der Waals surface area contributed by atoms with Crippen LogP contribution in [0.25, 0.3) is 0 Å². The van der Waals surface area contributed by atoms with E-state index in [4.69, 9.17) is 4.74 Å². The average Bonchev–Trinajstić information content (AvgIpc) is 2.26. The van der Waals surface area contributed by atoms with Gasteiger partial charge in [-0.3, -0.25) is 4.79 Å². The van der Waals surface area contributed by atoms with Crippen molar-refractivity contribution in [3.63, 3.8) is 0 Å². The maximum atomic E-state index is 11.5. The van der Waals surface area contributed by atoms with Gasteiger partial charge in [0.25, 0.3) is 0 Å². The Kier molecular flexibility index (Phi) is 3.07. The highest BCUT2D eigenvalue weighted by Gasteiger charge is 2.47. The maximum Gasteiger partial charge on any atom is 0.314 e. The molecule has 0 heterocycles. The van der Waals surface area contributed by atoms with Crippen LogP contribution in [0, 0.1) is 0 Å². The fraction of sp³-hybridized carbons (Fsp3) is 0.462. The van der Waals surface area contributed by atoms with Gasteiger partial charge in [-0.2, -0.15) is 0 Å². The first-order chi connectivity index (χ1) is 8.15. The van der Waals surface area contributed by atoms with Crippen molar-refractivity contribution in [2.24, 2.45) is 0 Å². The van der Waals surface area contributed by atoms with Gasteiger partial charge < -0.3 is 14.9 Å². The third kappa shape index (κ3) is 1.69. The number of aliphatic hydroxyl groups is 1. The van der Waals surface area contributed by atoms with Gasteiger partial charge in [0.2, 0.25) is 0 Å². The summed E-state index contributed by atoms with van der Waals surface area (Å²) in [7, 11) is 1.51. The normalized spacial score (nSPS) is 17.3. The van der Waals surface area contributed by atoms with Gasteiger partial charge in [0.1, 0.15) is 5.75 Å². The second-order valence-electron chi connectivity index (χ2n) is 4.40. The molecule has 0 amide bonds.